The van der Waals surface area contributed by atoms with E-state index >= 15 is 0 Å². The summed E-state index contributed by atoms with van der Waals surface area (Å²) in [6, 6.07) is 11.5. The van der Waals surface area contributed by atoms with Gasteiger partial charge in [0.05, 0.1) is 11.4 Å². The van der Waals surface area contributed by atoms with Crippen molar-refractivity contribution in [1.29, 1.82) is 0 Å². The fourth-order valence-corrected chi connectivity index (χ4v) is 2.95. The minimum atomic E-state index is -0.133. The highest BCUT2D eigenvalue weighted by Gasteiger charge is 2.10. The van der Waals surface area contributed by atoms with Crippen LogP contribution in [0.25, 0.3) is 0 Å². The lowest BCUT2D eigenvalue weighted by Crippen LogP contribution is -2.18. The summed E-state index contributed by atoms with van der Waals surface area (Å²) in [4.78, 5) is 26.9. The number of thiophene rings is 1. The Morgan fingerprint density at radius 1 is 1.17 bits per heavy atom. The van der Waals surface area contributed by atoms with Gasteiger partial charge in [0, 0.05) is 24.0 Å². The lowest BCUT2D eigenvalue weighted by Gasteiger charge is -2.11. The Labute approximate surface area is 140 Å². The summed E-state index contributed by atoms with van der Waals surface area (Å²) in [6.07, 6.45) is 0. The first-order valence-electron chi connectivity index (χ1n) is 7.32. The topological polar surface area (TPSA) is 61.4 Å². The van der Waals surface area contributed by atoms with Crippen LogP contribution < -0.4 is 10.6 Å². The third-order valence-electron chi connectivity index (χ3n) is 3.08. The van der Waals surface area contributed by atoms with Gasteiger partial charge in [-0.05, 0) is 43.9 Å². The molecule has 1 heterocycles. The zero-order valence-electron chi connectivity index (χ0n) is 13.6. The SMILES string of the molecule is CC(=O)NCc1ccc(C(=O)Nc2cccc(CN(C)C)c2)s1. The average Bonchev–Trinajstić information content (AvgIpc) is 2.93. The van der Waals surface area contributed by atoms with E-state index in [4.69, 9.17) is 0 Å². The molecule has 1 aromatic heterocycles. The van der Waals surface area contributed by atoms with Crippen molar-refractivity contribution in [3.63, 3.8) is 0 Å². The number of benzene rings is 1. The Morgan fingerprint density at radius 2 is 1.96 bits per heavy atom. The molecular formula is C17H21N3O2S. The summed E-state index contributed by atoms with van der Waals surface area (Å²) in [7, 11) is 4.01. The van der Waals surface area contributed by atoms with E-state index in [-0.39, 0.29) is 11.8 Å². The van der Waals surface area contributed by atoms with Gasteiger partial charge >= 0.3 is 0 Å². The molecule has 0 unspecified atom stereocenters. The molecule has 0 saturated heterocycles. The number of anilines is 1. The Bertz CT molecular complexity index is 695. The zero-order valence-corrected chi connectivity index (χ0v) is 14.4. The lowest BCUT2D eigenvalue weighted by atomic mass is 10.2. The second-order valence-electron chi connectivity index (χ2n) is 5.57. The summed E-state index contributed by atoms with van der Waals surface area (Å²) in [5.41, 5.74) is 1.93. The molecule has 0 aliphatic carbocycles. The molecule has 2 N–H and O–H groups in total. The van der Waals surface area contributed by atoms with Crippen molar-refractivity contribution >= 4 is 28.8 Å². The minimum Gasteiger partial charge on any atom is -0.351 e. The largest absolute Gasteiger partial charge is 0.351 e. The van der Waals surface area contributed by atoms with Crippen LogP contribution in [0.15, 0.2) is 36.4 Å². The van der Waals surface area contributed by atoms with Gasteiger partial charge in [-0.15, -0.1) is 11.3 Å². The van der Waals surface area contributed by atoms with Gasteiger partial charge in [0.15, 0.2) is 0 Å². The monoisotopic (exact) mass is 331 g/mol. The lowest BCUT2D eigenvalue weighted by molar-refractivity contribution is -0.119. The van der Waals surface area contributed by atoms with Crippen LogP contribution in [-0.4, -0.2) is 30.8 Å². The number of nitrogens with one attached hydrogen (secondary N) is 2. The first-order chi connectivity index (χ1) is 10.9. The maximum atomic E-state index is 12.3. The fraction of sp³-hybridized carbons (Fsp3) is 0.294. The van der Waals surface area contributed by atoms with E-state index in [1.54, 1.807) is 6.07 Å². The van der Waals surface area contributed by atoms with Gasteiger partial charge in [-0.2, -0.15) is 0 Å². The van der Waals surface area contributed by atoms with Crippen molar-refractivity contribution in [2.24, 2.45) is 0 Å². The quantitative estimate of drug-likeness (QED) is 0.855. The molecule has 2 aromatic rings. The maximum Gasteiger partial charge on any atom is 0.265 e. The van der Waals surface area contributed by atoms with E-state index in [9.17, 15) is 9.59 Å². The van der Waals surface area contributed by atoms with E-state index < -0.39 is 0 Å². The van der Waals surface area contributed by atoms with E-state index in [0.29, 0.717) is 11.4 Å². The normalized spacial score (nSPS) is 10.6. The molecule has 1 aromatic carbocycles. The van der Waals surface area contributed by atoms with Gasteiger partial charge in [0.1, 0.15) is 0 Å². The molecule has 2 rings (SSSR count). The van der Waals surface area contributed by atoms with Crippen LogP contribution in [0.1, 0.15) is 27.0 Å². The number of amides is 2. The van der Waals surface area contributed by atoms with Crippen molar-refractivity contribution in [2.45, 2.75) is 20.0 Å². The van der Waals surface area contributed by atoms with Crippen molar-refractivity contribution in [3.05, 3.63) is 51.7 Å². The second-order valence-corrected chi connectivity index (χ2v) is 6.74. The smallest absolute Gasteiger partial charge is 0.265 e. The first kappa shape index (κ1) is 17.2. The van der Waals surface area contributed by atoms with E-state index in [2.05, 4.69) is 15.5 Å². The van der Waals surface area contributed by atoms with Gasteiger partial charge in [-0.25, -0.2) is 0 Å². The molecule has 122 valence electrons. The molecule has 5 nitrogen and oxygen atoms in total. The maximum absolute atomic E-state index is 12.3. The van der Waals surface area contributed by atoms with Crippen LogP contribution in [0.2, 0.25) is 0 Å². The zero-order chi connectivity index (χ0) is 16.8. The predicted octanol–water partition coefficient (Wildman–Crippen LogP) is 2.70. The number of nitrogens with zero attached hydrogens (tertiary/aromatic N) is 1. The summed E-state index contributed by atoms with van der Waals surface area (Å²) in [5.74, 6) is -0.215. The molecule has 2 amide bonds. The fourth-order valence-electron chi connectivity index (χ4n) is 2.11. The van der Waals surface area contributed by atoms with Crippen molar-refractivity contribution in [1.82, 2.24) is 10.2 Å². The van der Waals surface area contributed by atoms with Crippen LogP contribution in [0.3, 0.4) is 0 Å². The number of carbonyl (C=O) groups is 2. The Morgan fingerprint density at radius 3 is 2.65 bits per heavy atom. The van der Waals surface area contributed by atoms with Gasteiger partial charge in [0.2, 0.25) is 5.91 Å². The highest BCUT2D eigenvalue weighted by atomic mass is 32.1. The predicted molar refractivity (Wildman–Crippen MR) is 93.6 cm³/mol. The average molecular weight is 331 g/mol. The first-order valence-corrected chi connectivity index (χ1v) is 8.14. The van der Waals surface area contributed by atoms with Crippen LogP contribution in [0.5, 0.6) is 0 Å². The molecule has 0 spiro atoms. The molecule has 23 heavy (non-hydrogen) atoms. The van der Waals surface area contributed by atoms with Crippen LogP contribution >= 0.6 is 11.3 Å². The number of hydrogen-bond acceptors (Lipinski definition) is 4. The van der Waals surface area contributed by atoms with Crippen LogP contribution in [0.4, 0.5) is 5.69 Å². The van der Waals surface area contributed by atoms with Crippen molar-refractivity contribution < 1.29 is 9.59 Å². The molecule has 6 heteroatoms. The molecule has 0 aliphatic heterocycles. The van der Waals surface area contributed by atoms with Crippen LogP contribution in [0, 0.1) is 0 Å². The Hall–Kier alpha value is -2.18. The minimum absolute atomic E-state index is 0.0814. The summed E-state index contributed by atoms with van der Waals surface area (Å²) in [6.45, 7) is 2.75. The third-order valence-corrected chi connectivity index (χ3v) is 4.16. The van der Waals surface area contributed by atoms with Crippen molar-refractivity contribution in [3.8, 4) is 0 Å². The van der Waals surface area contributed by atoms with Gasteiger partial charge in [-0.3, -0.25) is 9.59 Å². The molecule has 0 radical (unpaired) electrons. The highest BCUT2D eigenvalue weighted by Crippen LogP contribution is 2.19. The van der Waals surface area contributed by atoms with Crippen LogP contribution in [-0.2, 0) is 17.9 Å². The Kier molecular flexibility index (Phi) is 5.90. The van der Waals surface area contributed by atoms with Gasteiger partial charge in [-0.1, -0.05) is 12.1 Å². The summed E-state index contributed by atoms with van der Waals surface area (Å²) < 4.78 is 0. The van der Waals surface area contributed by atoms with Crippen molar-refractivity contribution in [2.75, 3.05) is 19.4 Å². The molecule has 0 fully saturated rings. The molecular weight excluding hydrogens is 310 g/mol. The summed E-state index contributed by atoms with van der Waals surface area (Å²) >= 11 is 1.38. The molecule has 0 bridgehead atoms. The van der Waals surface area contributed by atoms with E-state index in [1.165, 1.54) is 18.3 Å². The molecule has 0 atom stereocenters. The van der Waals surface area contributed by atoms with E-state index in [0.717, 1.165) is 22.7 Å². The number of hydrogen-bond donors (Lipinski definition) is 2. The Balaban J connectivity index is 2.00. The third kappa shape index (κ3) is 5.50. The summed E-state index contributed by atoms with van der Waals surface area (Å²) in [5, 5.41) is 5.64. The van der Waals surface area contributed by atoms with Gasteiger partial charge < -0.3 is 15.5 Å². The molecule has 0 aliphatic rings. The number of carbonyl (C=O) groups excluding carboxylic acids is 2. The number of rotatable bonds is 6. The standard InChI is InChI=1S/C17H21N3O2S/c1-12(21)18-10-15-7-8-16(23-15)17(22)19-14-6-4-5-13(9-14)11-20(2)3/h4-9H,10-11H2,1-3H3,(H,18,21)(H,19,22). The second kappa shape index (κ2) is 7.89. The van der Waals surface area contributed by atoms with Gasteiger partial charge in [0.25, 0.3) is 5.91 Å². The van der Waals surface area contributed by atoms with E-state index in [1.807, 2.05) is 44.4 Å². The molecule has 0 saturated carbocycles. The highest BCUT2D eigenvalue weighted by molar-refractivity contribution is 7.14.